The summed E-state index contributed by atoms with van der Waals surface area (Å²) in [5.74, 6) is 3.17. The van der Waals surface area contributed by atoms with E-state index in [2.05, 4.69) is 37.2 Å². The minimum atomic E-state index is 0.0261. The van der Waals surface area contributed by atoms with Gasteiger partial charge in [0, 0.05) is 5.41 Å². The summed E-state index contributed by atoms with van der Waals surface area (Å²) in [7, 11) is 1.63. The van der Waals surface area contributed by atoms with Crippen LogP contribution in [0, 0.1) is 39.9 Å². The predicted molar refractivity (Wildman–Crippen MR) is 103 cm³/mol. The molecule has 0 aromatic rings. The molecule has 7 atom stereocenters. The molecule has 3 fully saturated rings. The van der Waals surface area contributed by atoms with Crippen molar-refractivity contribution in [3.8, 4) is 0 Å². The molecule has 0 aromatic carbocycles. The molecule has 0 bridgehead atoms. The molecule has 0 N–H and O–H groups in total. The third-order valence-corrected chi connectivity index (χ3v) is 9.42. The van der Waals surface area contributed by atoms with E-state index in [9.17, 15) is 4.79 Å². The summed E-state index contributed by atoms with van der Waals surface area (Å²) in [6, 6.07) is 0. The smallest absolute Gasteiger partial charge is 0.136 e. The second-order valence-electron chi connectivity index (χ2n) is 10.1. The van der Waals surface area contributed by atoms with Crippen LogP contribution in [0.3, 0.4) is 0 Å². The van der Waals surface area contributed by atoms with E-state index in [4.69, 9.17) is 4.84 Å². The highest BCUT2D eigenvalue weighted by molar-refractivity contribution is 5.96. The van der Waals surface area contributed by atoms with E-state index in [1.54, 1.807) is 7.11 Å². The molecule has 0 aliphatic heterocycles. The first-order valence-corrected chi connectivity index (χ1v) is 10.4. The van der Waals surface area contributed by atoms with Gasteiger partial charge in [0.25, 0.3) is 0 Å². The summed E-state index contributed by atoms with van der Waals surface area (Å²) in [5, 5.41) is 4.19. The largest absolute Gasteiger partial charge is 0.399 e. The predicted octanol–water partition coefficient (Wildman–Crippen LogP) is 4.93. The van der Waals surface area contributed by atoms with Crippen molar-refractivity contribution < 1.29 is 9.63 Å². The Kier molecular flexibility index (Phi) is 3.30. The van der Waals surface area contributed by atoms with Gasteiger partial charge in [0.2, 0.25) is 0 Å². The first-order chi connectivity index (χ1) is 12.4. The molecule has 3 saturated carbocycles. The molecule has 5 unspecified atom stereocenters. The molecule has 0 saturated heterocycles. The molecular weight excluding hydrogens is 322 g/mol. The normalized spacial score (nSPS) is 52.5. The first-order valence-electron chi connectivity index (χ1n) is 10.4. The Morgan fingerprint density at radius 1 is 1.27 bits per heavy atom. The third kappa shape index (κ3) is 1.80. The van der Waals surface area contributed by atoms with E-state index in [-0.39, 0.29) is 16.2 Å². The van der Waals surface area contributed by atoms with Crippen molar-refractivity contribution in [2.24, 2.45) is 45.1 Å². The van der Waals surface area contributed by atoms with E-state index >= 15 is 0 Å². The van der Waals surface area contributed by atoms with Crippen LogP contribution < -0.4 is 0 Å². The van der Waals surface area contributed by atoms with Crippen LogP contribution in [0.2, 0.25) is 0 Å². The highest BCUT2D eigenvalue weighted by Crippen LogP contribution is 2.80. The number of allylic oxidation sites excluding steroid dienone is 4. The Bertz CT molecular complexity index is 764. The van der Waals surface area contributed by atoms with Gasteiger partial charge in [0.1, 0.15) is 12.9 Å². The zero-order chi connectivity index (χ0) is 18.3. The van der Waals surface area contributed by atoms with Gasteiger partial charge in [-0.1, -0.05) is 31.2 Å². The van der Waals surface area contributed by atoms with Gasteiger partial charge in [-0.05, 0) is 91.6 Å². The van der Waals surface area contributed by atoms with Crippen molar-refractivity contribution in [3.05, 3.63) is 23.8 Å². The van der Waals surface area contributed by atoms with E-state index in [1.807, 2.05) is 6.92 Å². The summed E-state index contributed by atoms with van der Waals surface area (Å²) >= 11 is 0. The molecule has 0 heterocycles. The fourth-order valence-electron chi connectivity index (χ4n) is 7.97. The number of ketones is 1. The van der Waals surface area contributed by atoms with E-state index in [0.29, 0.717) is 29.5 Å². The molecule has 140 valence electrons. The standard InChI is InChI=1S/C23H31NO2/c1-14(25)23-13-16(23)12-20-18-6-5-15-11-17(24-26-4)7-9-21(15,2)19(18)8-10-22(20,23)3/h5-6,11,16,18-20H,7-10,12-13H2,1-4H3/b24-17+/t16?,18?,19?,20?,21-,22-,23?/m0/s1. The summed E-state index contributed by atoms with van der Waals surface area (Å²) in [5.41, 5.74) is 3.02. The number of rotatable bonds is 2. The van der Waals surface area contributed by atoms with Crippen LogP contribution >= 0.6 is 0 Å². The molecule has 3 nitrogen and oxygen atoms in total. The maximum Gasteiger partial charge on any atom is 0.136 e. The van der Waals surface area contributed by atoms with Gasteiger partial charge in [-0.25, -0.2) is 0 Å². The minimum absolute atomic E-state index is 0.0261. The summed E-state index contributed by atoms with van der Waals surface area (Å²) in [4.78, 5) is 17.6. The minimum Gasteiger partial charge on any atom is -0.399 e. The number of nitrogens with zero attached hydrogens (tertiary/aromatic N) is 1. The third-order valence-electron chi connectivity index (χ3n) is 9.42. The molecule has 5 aliphatic rings. The van der Waals surface area contributed by atoms with Crippen molar-refractivity contribution in [2.75, 3.05) is 7.11 Å². The van der Waals surface area contributed by atoms with Crippen LogP contribution in [0.25, 0.3) is 0 Å². The lowest BCUT2D eigenvalue weighted by Gasteiger charge is -2.57. The molecular formula is C23H31NO2. The highest BCUT2D eigenvalue weighted by Gasteiger charge is 2.76. The van der Waals surface area contributed by atoms with Crippen molar-refractivity contribution in [3.63, 3.8) is 0 Å². The van der Waals surface area contributed by atoms with Crippen molar-refractivity contribution in [1.82, 2.24) is 0 Å². The second kappa shape index (κ2) is 5.11. The number of hydrogen-bond donors (Lipinski definition) is 0. The average molecular weight is 354 g/mol. The molecule has 5 aliphatic carbocycles. The van der Waals surface area contributed by atoms with Gasteiger partial charge >= 0.3 is 0 Å². The van der Waals surface area contributed by atoms with Crippen LogP contribution in [0.15, 0.2) is 29.0 Å². The van der Waals surface area contributed by atoms with Crippen LogP contribution in [-0.2, 0) is 9.63 Å². The zero-order valence-corrected chi connectivity index (χ0v) is 16.5. The Labute approximate surface area is 156 Å². The van der Waals surface area contributed by atoms with Crippen molar-refractivity contribution in [2.45, 2.75) is 59.3 Å². The molecule has 5 rings (SSSR count). The quantitative estimate of drug-likeness (QED) is 0.660. The number of oxime groups is 1. The number of hydrogen-bond acceptors (Lipinski definition) is 3. The van der Waals surface area contributed by atoms with Gasteiger partial charge in [-0.2, -0.15) is 0 Å². The molecule has 0 spiro atoms. The number of fused-ring (bicyclic) bond motifs is 7. The fourth-order valence-corrected chi connectivity index (χ4v) is 7.97. The number of carbonyl (C=O) groups excluding carboxylic acids is 1. The maximum atomic E-state index is 12.6. The van der Waals surface area contributed by atoms with Crippen LogP contribution in [0.1, 0.15) is 59.3 Å². The second-order valence-corrected chi connectivity index (χ2v) is 10.1. The molecule has 26 heavy (non-hydrogen) atoms. The molecule has 0 amide bonds. The molecule has 3 heteroatoms. The summed E-state index contributed by atoms with van der Waals surface area (Å²) in [6.07, 6.45) is 14.2. The van der Waals surface area contributed by atoms with Crippen molar-refractivity contribution >= 4 is 11.5 Å². The highest BCUT2D eigenvalue weighted by atomic mass is 16.6. The fraction of sp³-hybridized carbons (Fsp3) is 0.739. The molecule has 0 aromatic heterocycles. The lowest BCUT2D eigenvalue weighted by molar-refractivity contribution is -0.130. The van der Waals surface area contributed by atoms with Crippen LogP contribution in [0.5, 0.6) is 0 Å². The first kappa shape index (κ1) is 16.8. The molecule has 0 radical (unpaired) electrons. The van der Waals surface area contributed by atoms with E-state index in [1.165, 1.54) is 24.8 Å². The van der Waals surface area contributed by atoms with Gasteiger partial charge in [0.05, 0.1) is 5.71 Å². The van der Waals surface area contributed by atoms with Crippen LogP contribution in [-0.4, -0.2) is 18.6 Å². The summed E-state index contributed by atoms with van der Waals surface area (Å²) in [6.45, 7) is 6.78. The van der Waals surface area contributed by atoms with Gasteiger partial charge in [-0.15, -0.1) is 0 Å². The SMILES string of the molecule is CO/N=C1/C=C2C=CC3C(CC[C@@]4(C)C3CC3CC34C(C)=O)[C@@]2(C)CC1. The van der Waals surface area contributed by atoms with Crippen LogP contribution in [0.4, 0.5) is 0 Å². The Morgan fingerprint density at radius 3 is 2.81 bits per heavy atom. The van der Waals surface area contributed by atoms with Gasteiger partial charge in [0.15, 0.2) is 0 Å². The Morgan fingerprint density at radius 2 is 2.08 bits per heavy atom. The lowest BCUT2D eigenvalue weighted by Crippen LogP contribution is -2.51. The zero-order valence-electron chi connectivity index (χ0n) is 16.5. The van der Waals surface area contributed by atoms with Crippen molar-refractivity contribution in [1.29, 1.82) is 0 Å². The summed E-state index contributed by atoms with van der Waals surface area (Å²) < 4.78 is 0. The Hall–Kier alpha value is -1.38. The average Bonchev–Trinajstić information content (AvgIpc) is 3.28. The van der Waals surface area contributed by atoms with Gasteiger partial charge < -0.3 is 4.84 Å². The number of Topliss-reactive ketones (excluding diaryl/α,β-unsaturated/α-hetero) is 1. The van der Waals surface area contributed by atoms with E-state index in [0.717, 1.165) is 25.0 Å². The lowest BCUT2D eigenvalue weighted by atomic mass is 9.47. The topological polar surface area (TPSA) is 38.7 Å². The van der Waals surface area contributed by atoms with E-state index < -0.39 is 0 Å². The Balaban J connectivity index is 1.52. The van der Waals surface area contributed by atoms with Gasteiger partial charge in [-0.3, -0.25) is 4.79 Å². The maximum absolute atomic E-state index is 12.6. The number of carbonyl (C=O) groups is 1. The monoisotopic (exact) mass is 353 g/mol.